The van der Waals surface area contributed by atoms with E-state index < -0.39 is 0 Å². The number of carbonyl (C=O) groups is 2. The fourth-order valence-electron chi connectivity index (χ4n) is 7.33. The van der Waals surface area contributed by atoms with Crippen LogP contribution in [0.3, 0.4) is 0 Å². The van der Waals surface area contributed by atoms with Crippen molar-refractivity contribution in [2.75, 3.05) is 26.8 Å². The number of fused-ring (bicyclic) bond motifs is 1. The van der Waals surface area contributed by atoms with Gasteiger partial charge >= 0.3 is 5.97 Å². The second-order valence-electron chi connectivity index (χ2n) is 9.66. The highest BCUT2D eigenvalue weighted by molar-refractivity contribution is 6.15. The van der Waals surface area contributed by atoms with Crippen molar-refractivity contribution in [1.82, 2.24) is 4.90 Å². The van der Waals surface area contributed by atoms with E-state index in [-0.39, 0.29) is 23.1 Å². The first kappa shape index (κ1) is 17.0. The molecule has 3 heterocycles. The van der Waals surface area contributed by atoms with Gasteiger partial charge in [0.1, 0.15) is 5.76 Å². The summed E-state index contributed by atoms with van der Waals surface area (Å²) in [5.74, 6) is 1.63. The number of carbonyl (C=O) groups excluding carboxylic acids is 2. The summed E-state index contributed by atoms with van der Waals surface area (Å²) < 4.78 is 11.3. The van der Waals surface area contributed by atoms with Crippen LogP contribution in [0.25, 0.3) is 0 Å². The maximum absolute atomic E-state index is 13.9. The van der Waals surface area contributed by atoms with E-state index in [1.807, 2.05) is 0 Å². The van der Waals surface area contributed by atoms with Gasteiger partial charge in [-0.3, -0.25) is 9.69 Å². The largest absolute Gasteiger partial charge is 0.497 e. The number of Topliss-reactive ketones (excluding diaryl/α,β-unsaturated/α-hetero) is 1. The maximum atomic E-state index is 13.9. The van der Waals surface area contributed by atoms with Gasteiger partial charge in [0, 0.05) is 54.5 Å². The molecule has 0 N–H and O–H groups in total. The maximum Gasteiger partial charge on any atom is 0.338 e. The molecule has 6 aliphatic rings. The third-order valence-corrected chi connectivity index (χ3v) is 8.61. The Balaban J connectivity index is 1.71. The first-order valence-electron chi connectivity index (χ1n) is 10.7. The van der Waals surface area contributed by atoms with E-state index in [0.717, 1.165) is 54.8 Å². The van der Waals surface area contributed by atoms with Crippen LogP contribution in [0.4, 0.5) is 0 Å². The van der Waals surface area contributed by atoms with Gasteiger partial charge in [0.05, 0.1) is 19.3 Å². The average molecular weight is 381 g/mol. The molecule has 3 aliphatic heterocycles. The van der Waals surface area contributed by atoms with Gasteiger partial charge in [0.15, 0.2) is 5.78 Å². The van der Waals surface area contributed by atoms with Crippen LogP contribution in [0.15, 0.2) is 33.6 Å². The molecule has 0 aromatic rings. The highest BCUT2D eigenvalue weighted by Crippen LogP contribution is 2.64. The van der Waals surface area contributed by atoms with Crippen LogP contribution < -0.4 is 0 Å². The molecule has 5 nitrogen and oxygen atoms in total. The highest BCUT2D eigenvalue weighted by Gasteiger charge is 2.63. The number of ether oxygens (including phenoxy) is 2. The fraction of sp³-hybridized carbons (Fsp3) is 0.652. The number of ketones is 1. The summed E-state index contributed by atoms with van der Waals surface area (Å²) >= 11 is 0. The first-order chi connectivity index (χ1) is 13.5. The lowest BCUT2D eigenvalue weighted by atomic mass is 9.65. The van der Waals surface area contributed by atoms with E-state index in [9.17, 15) is 9.59 Å². The Hall–Kier alpha value is -1.88. The molecule has 2 saturated heterocycles. The van der Waals surface area contributed by atoms with Crippen molar-refractivity contribution in [1.29, 1.82) is 0 Å². The van der Waals surface area contributed by atoms with Gasteiger partial charge in [-0.1, -0.05) is 13.8 Å². The molecule has 6 rings (SSSR count). The summed E-state index contributed by atoms with van der Waals surface area (Å²) in [5, 5.41) is 0. The monoisotopic (exact) mass is 381 g/mol. The lowest BCUT2D eigenvalue weighted by Crippen LogP contribution is -2.48. The third-order valence-electron chi connectivity index (χ3n) is 8.61. The fourth-order valence-corrected chi connectivity index (χ4v) is 7.33. The molecule has 5 atom stereocenters. The van der Waals surface area contributed by atoms with Gasteiger partial charge in [-0.25, -0.2) is 4.79 Å². The van der Waals surface area contributed by atoms with Crippen LogP contribution in [0.5, 0.6) is 0 Å². The number of hydrogen-bond donors (Lipinski definition) is 0. The molecule has 0 saturated carbocycles. The van der Waals surface area contributed by atoms with E-state index in [4.69, 9.17) is 9.47 Å². The van der Waals surface area contributed by atoms with Crippen LogP contribution in [0, 0.1) is 23.2 Å². The average Bonchev–Trinajstić information content (AvgIpc) is 3.11. The zero-order chi connectivity index (χ0) is 19.4. The number of hydrogen-bond acceptors (Lipinski definition) is 5. The Kier molecular flexibility index (Phi) is 3.27. The van der Waals surface area contributed by atoms with Crippen LogP contribution in [-0.4, -0.2) is 49.5 Å². The second-order valence-corrected chi connectivity index (χ2v) is 9.66. The molecule has 0 spiro atoms. The smallest absolute Gasteiger partial charge is 0.338 e. The van der Waals surface area contributed by atoms with E-state index in [1.54, 1.807) is 0 Å². The minimum absolute atomic E-state index is 0.00312. The van der Waals surface area contributed by atoms with Gasteiger partial charge in [-0.05, 0) is 35.8 Å². The Morgan fingerprint density at radius 3 is 2.86 bits per heavy atom. The number of nitrogens with zero attached hydrogens (tertiary/aromatic N) is 1. The number of piperidine rings is 1. The van der Waals surface area contributed by atoms with Crippen molar-refractivity contribution >= 4 is 11.8 Å². The summed E-state index contributed by atoms with van der Waals surface area (Å²) in [5.41, 5.74) is 4.39. The van der Waals surface area contributed by atoms with E-state index >= 15 is 0 Å². The van der Waals surface area contributed by atoms with Crippen molar-refractivity contribution in [2.24, 2.45) is 23.2 Å². The lowest BCUT2D eigenvalue weighted by Gasteiger charge is -2.43. The predicted molar refractivity (Wildman–Crippen MR) is 102 cm³/mol. The number of allylic oxidation sites excluding steroid dienone is 2. The zero-order valence-corrected chi connectivity index (χ0v) is 16.8. The van der Waals surface area contributed by atoms with E-state index in [0.29, 0.717) is 42.1 Å². The zero-order valence-electron chi connectivity index (χ0n) is 16.8. The molecule has 148 valence electrons. The molecule has 0 amide bonds. The molecule has 2 fully saturated rings. The van der Waals surface area contributed by atoms with Crippen LogP contribution in [0.2, 0.25) is 0 Å². The quantitative estimate of drug-likeness (QED) is 0.654. The van der Waals surface area contributed by atoms with Gasteiger partial charge < -0.3 is 9.47 Å². The topological polar surface area (TPSA) is 55.8 Å². The summed E-state index contributed by atoms with van der Waals surface area (Å²) in [6.45, 7) is 7.23. The van der Waals surface area contributed by atoms with Crippen molar-refractivity contribution < 1.29 is 19.1 Å². The third kappa shape index (κ3) is 1.78. The highest BCUT2D eigenvalue weighted by atomic mass is 16.5. The molecule has 0 radical (unpaired) electrons. The number of methoxy groups -OCH3 is 1. The SMILES string of the molecule is COC(=O)C1=C2CCOC3=C2C2=C1C(=O)C1CC4N(CC1C)CC(CC3)C24C. The first-order valence-corrected chi connectivity index (χ1v) is 10.7. The Morgan fingerprint density at radius 2 is 2.07 bits per heavy atom. The van der Waals surface area contributed by atoms with Crippen molar-refractivity contribution in [3.05, 3.63) is 33.6 Å². The molecule has 5 heteroatoms. The standard InChI is InChI=1S/C23H27NO4/c1-11-9-24-10-12-4-5-15-17-13(6-7-28-15)18(22(26)27-3)19-20(17)23(12,2)16(24)8-14(11)21(19)25/h11-12,14,16H,4-10H2,1-3H3. The van der Waals surface area contributed by atoms with Gasteiger partial charge in [-0.15, -0.1) is 0 Å². The van der Waals surface area contributed by atoms with Crippen molar-refractivity contribution in [2.45, 2.75) is 45.6 Å². The summed E-state index contributed by atoms with van der Waals surface area (Å²) in [7, 11) is 1.42. The Morgan fingerprint density at radius 1 is 1.25 bits per heavy atom. The van der Waals surface area contributed by atoms with Crippen LogP contribution in [-0.2, 0) is 19.1 Å². The minimum atomic E-state index is -0.355. The van der Waals surface area contributed by atoms with Gasteiger partial charge in [0.2, 0.25) is 0 Å². The normalized spacial score (nSPS) is 41.2. The van der Waals surface area contributed by atoms with Crippen LogP contribution >= 0.6 is 0 Å². The molecular weight excluding hydrogens is 354 g/mol. The number of rotatable bonds is 1. The molecule has 0 aromatic carbocycles. The second kappa shape index (κ2) is 5.38. The van der Waals surface area contributed by atoms with E-state index in [1.165, 1.54) is 7.11 Å². The molecule has 3 aliphatic carbocycles. The molecular formula is C23H27NO4. The summed E-state index contributed by atoms with van der Waals surface area (Å²) in [6.07, 6.45) is 3.58. The Bertz CT molecular complexity index is 925. The van der Waals surface area contributed by atoms with Gasteiger partial charge in [-0.2, -0.15) is 0 Å². The van der Waals surface area contributed by atoms with Crippen molar-refractivity contribution in [3.8, 4) is 0 Å². The lowest BCUT2D eigenvalue weighted by molar-refractivity contribution is -0.136. The summed E-state index contributed by atoms with van der Waals surface area (Å²) in [4.78, 5) is 29.5. The van der Waals surface area contributed by atoms with Crippen molar-refractivity contribution in [3.63, 3.8) is 0 Å². The van der Waals surface area contributed by atoms with E-state index in [2.05, 4.69) is 18.7 Å². The Labute approximate surface area is 165 Å². The molecule has 0 aromatic heterocycles. The number of esters is 1. The van der Waals surface area contributed by atoms with Crippen LogP contribution in [0.1, 0.15) is 39.5 Å². The molecule has 2 bridgehead atoms. The predicted octanol–water partition coefficient (Wildman–Crippen LogP) is 2.78. The van der Waals surface area contributed by atoms with Gasteiger partial charge in [0.25, 0.3) is 0 Å². The molecule has 28 heavy (non-hydrogen) atoms. The summed E-state index contributed by atoms with van der Waals surface area (Å²) in [6, 6.07) is 0.377. The molecule has 5 unspecified atom stereocenters. The minimum Gasteiger partial charge on any atom is -0.497 e.